The molecule has 2 nitrogen and oxygen atoms in total. The Bertz CT molecular complexity index is 1010. The van der Waals surface area contributed by atoms with Crippen LogP contribution in [0.2, 0.25) is 0 Å². The van der Waals surface area contributed by atoms with Gasteiger partial charge in [0, 0.05) is 11.1 Å². The van der Waals surface area contributed by atoms with Gasteiger partial charge in [-0.1, -0.05) is 50.2 Å². The van der Waals surface area contributed by atoms with E-state index in [-0.39, 0.29) is 5.82 Å². The highest BCUT2D eigenvalue weighted by atomic mass is 19.1. The van der Waals surface area contributed by atoms with Gasteiger partial charge in [-0.05, 0) is 79.1 Å². The zero-order chi connectivity index (χ0) is 21.2. The van der Waals surface area contributed by atoms with Crippen molar-refractivity contribution in [2.75, 3.05) is 0 Å². The molecule has 3 rings (SSSR count). The lowest BCUT2D eigenvalue weighted by Gasteiger charge is -2.04. The van der Waals surface area contributed by atoms with Gasteiger partial charge < -0.3 is 4.74 Å². The molecule has 0 aliphatic rings. The maximum absolute atomic E-state index is 12.9. The summed E-state index contributed by atoms with van der Waals surface area (Å²) in [5.74, 6) is 5.71. The molecule has 3 aromatic rings. The number of rotatable bonds is 7. The van der Waals surface area contributed by atoms with E-state index in [1.807, 2.05) is 0 Å². The Morgan fingerprint density at radius 3 is 2.00 bits per heavy atom. The van der Waals surface area contributed by atoms with E-state index >= 15 is 0 Å². The van der Waals surface area contributed by atoms with Crippen LogP contribution >= 0.6 is 0 Å². The quantitative estimate of drug-likeness (QED) is 0.194. The molecule has 0 N–H and O–H groups in total. The van der Waals surface area contributed by atoms with Gasteiger partial charge in [-0.2, -0.15) is 0 Å². The molecule has 0 aliphatic carbocycles. The lowest BCUT2D eigenvalue weighted by atomic mass is 10.0. The molecule has 0 aliphatic heterocycles. The molecule has 0 bridgehead atoms. The molecule has 0 amide bonds. The van der Waals surface area contributed by atoms with E-state index in [2.05, 4.69) is 43.0 Å². The van der Waals surface area contributed by atoms with Crippen molar-refractivity contribution in [3.8, 4) is 17.6 Å². The molecule has 0 fully saturated rings. The lowest BCUT2D eigenvalue weighted by molar-refractivity contribution is 0.0734. The van der Waals surface area contributed by atoms with E-state index in [0.717, 1.165) is 17.5 Å². The minimum absolute atomic E-state index is 0.305. The Morgan fingerprint density at radius 2 is 1.40 bits per heavy atom. The Labute approximate surface area is 177 Å². The third-order valence-electron chi connectivity index (χ3n) is 4.77. The largest absolute Gasteiger partial charge is 0.423 e. The number of unbranched alkanes of at least 4 members (excludes halogenated alkanes) is 3. The molecule has 0 radical (unpaired) electrons. The minimum atomic E-state index is -0.490. The van der Waals surface area contributed by atoms with Gasteiger partial charge in [0.15, 0.2) is 0 Å². The number of hydrogen-bond donors (Lipinski definition) is 0. The Kier molecular flexibility index (Phi) is 7.80. The highest BCUT2D eigenvalue weighted by Crippen LogP contribution is 2.14. The van der Waals surface area contributed by atoms with Crippen LogP contribution in [0.15, 0.2) is 72.8 Å². The summed E-state index contributed by atoms with van der Waals surface area (Å²) in [5, 5.41) is 0. The standard InChI is InChI=1S/C27H25FO2/c1-2-3-4-5-6-21-7-9-22(10-8-21)11-12-23-13-15-24(16-14-23)27(29)30-26-19-17-25(28)18-20-26/h7-10,13-20H,2-6H2,1H3. The molecule has 3 aromatic carbocycles. The van der Waals surface area contributed by atoms with Crippen molar-refractivity contribution in [2.24, 2.45) is 0 Å². The highest BCUT2D eigenvalue weighted by molar-refractivity contribution is 5.91. The number of carbonyl (C=O) groups excluding carboxylic acids is 1. The summed E-state index contributed by atoms with van der Waals surface area (Å²) in [5.41, 5.74) is 3.54. The third-order valence-corrected chi connectivity index (χ3v) is 4.77. The first-order valence-corrected chi connectivity index (χ1v) is 10.3. The average Bonchev–Trinajstić information content (AvgIpc) is 2.78. The van der Waals surface area contributed by atoms with Gasteiger partial charge in [0.1, 0.15) is 11.6 Å². The van der Waals surface area contributed by atoms with E-state index in [4.69, 9.17) is 4.74 Å². The number of halogens is 1. The number of aryl methyl sites for hydroxylation is 1. The molecule has 3 heteroatoms. The first-order valence-electron chi connectivity index (χ1n) is 10.3. The van der Waals surface area contributed by atoms with E-state index in [1.54, 1.807) is 24.3 Å². The number of carbonyl (C=O) groups is 1. The second kappa shape index (κ2) is 11.0. The predicted octanol–water partition coefficient (Wildman–Crippen LogP) is 6.57. The maximum atomic E-state index is 12.9. The van der Waals surface area contributed by atoms with Gasteiger partial charge in [-0.25, -0.2) is 9.18 Å². The molecule has 0 unspecified atom stereocenters. The highest BCUT2D eigenvalue weighted by Gasteiger charge is 2.08. The second-order valence-corrected chi connectivity index (χ2v) is 7.18. The van der Waals surface area contributed by atoms with Crippen LogP contribution in [0.1, 0.15) is 59.7 Å². The van der Waals surface area contributed by atoms with Crippen molar-refractivity contribution in [3.05, 3.63) is 101 Å². The van der Waals surface area contributed by atoms with Gasteiger partial charge >= 0.3 is 5.97 Å². The molecule has 0 spiro atoms. The molecule has 0 atom stereocenters. The normalized spacial score (nSPS) is 10.2. The van der Waals surface area contributed by atoms with Crippen molar-refractivity contribution in [3.63, 3.8) is 0 Å². The van der Waals surface area contributed by atoms with Crippen LogP contribution in [-0.4, -0.2) is 5.97 Å². The molecule has 0 heterocycles. The fourth-order valence-electron chi connectivity index (χ4n) is 3.01. The summed E-state index contributed by atoms with van der Waals surface area (Å²) in [6.07, 6.45) is 6.18. The zero-order valence-corrected chi connectivity index (χ0v) is 17.2. The van der Waals surface area contributed by atoms with Gasteiger partial charge in [0.2, 0.25) is 0 Å². The van der Waals surface area contributed by atoms with Crippen LogP contribution in [0.4, 0.5) is 4.39 Å². The summed E-state index contributed by atoms with van der Waals surface area (Å²) < 4.78 is 18.2. The summed E-state index contributed by atoms with van der Waals surface area (Å²) in [6, 6.07) is 20.7. The van der Waals surface area contributed by atoms with Gasteiger partial charge in [-0.3, -0.25) is 0 Å². The average molecular weight is 400 g/mol. The summed E-state index contributed by atoms with van der Waals surface area (Å²) in [7, 11) is 0. The van der Waals surface area contributed by atoms with Gasteiger partial charge in [0.25, 0.3) is 0 Å². The van der Waals surface area contributed by atoms with E-state index in [1.165, 1.54) is 55.5 Å². The fourth-order valence-corrected chi connectivity index (χ4v) is 3.01. The fraction of sp³-hybridized carbons (Fsp3) is 0.222. The smallest absolute Gasteiger partial charge is 0.343 e. The molecular formula is C27H25FO2. The van der Waals surface area contributed by atoms with Crippen molar-refractivity contribution in [2.45, 2.75) is 39.0 Å². The molecule has 0 saturated carbocycles. The van der Waals surface area contributed by atoms with Crippen LogP contribution < -0.4 is 4.74 Å². The van der Waals surface area contributed by atoms with E-state index in [9.17, 15) is 9.18 Å². The number of esters is 1. The van der Waals surface area contributed by atoms with Crippen molar-refractivity contribution >= 4 is 5.97 Å². The first-order chi connectivity index (χ1) is 14.6. The van der Waals surface area contributed by atoms with Gasteiger partial charge in [0.05, 0.1) is 5.56 Å². The number of hydrogen-bond acceptors (Lipinski definition) is 2. The molecule has 152 valence electrons. The molecule has 0 aromatic heterocycles. The van der Waals surface area contributed by atoms with Crippen LogP contribution in [0.25, 0.3) is 0 Å². The maximum Gasteiger partial charge on any atom is 0.343 e. The second-order valence-electron chi connectivity index (χ2n) is 7.18. The number of ether oxygens (including phenoxy) is 1. The van der Waals surface area contributed by atoms with Crippen LogP contribution in [-0.2, 0) is 6.42 Å². The van der Waals surface area contributed by atoms with Crippen molar-refractivity contribution in [1.82, 2.24) is 0 Å². The Balaban J connectivity index is 1.56. The topological polar surface area (TPSA) is 26.3 Å². The molecule has 30 heavy (non-hydrogen) atoms. The first kappa shape index (κ1) is 21.3. The minimum Gasteiger partial charge on any atom is -0.423 e. The van der Waals surface area contributed by atoms with Crippen molar-refractivity contribution in [1.29, 1.82) is 0 Å². The summed E-state index contributed by atoms with van der Waals surface area (Å²) in [6.45, 7) is 2.22. The van der Waals surface area contributed by atoms with E-state index < -0.39 is 5.97 Å². The molecular weight excluding hydrogens is 375 g/mol. The van der Waals surface area contributed by atoms with Crippen molar-refractivity contribution < 1.29 is 13.9 Å². The summed E-state index contributed by atoms with van der Waals surface area (Å²) in [4.78, 5) is 12.2. The summed E-state index contributed by atoms with van der Waals surface area (Å²) >= 11 is 0. The Morgan fingerprint density at radius 1 is 0.800 bits per heavy atom. The third kappa shape index (κ3) is 6.60. The van der Waals surface area contributed by atoms with Gasteiger partial charge in [-0.15, -0.1) is 0 Å². The van der Waals surface area contributed by atoms with Crippen LogP contribution in [0.5, 0.6) is 5.75 Å². The predicted molar refractivity (Wildman–Crippen MR) is 118 cm³/mol. The Hall–Kier alpha value is -3.38. The number of benzene rings is 3. The van der Waals surface area contributed by atoms with E-state index in [0.29, 0.717) is 11.3 Å². The van der Waals surface area contributed by atoms with Crippen LogP contribution in [0, 0.1) is 17.7 Å². The SMILES string of the molecule is CCCCCCc1ccc(C#Cc2ccc(C(=O)Oc3ccc(F)cc3)cc2)cc1. The monoisotopic (exact) mass is 400 g/mol. The van der Waals surface area contributed by atoms with Crippen LogP contribution in [0.3, 0.4) is 0 Å². The lowest BCUT2D eigenvalue weighted by Crippen LogP contribution is -2.08. The molecule has 0 saturated heterocycles. The zero-order valence-electron chi connectivity index (χ0n) is 17.2.